The van der Waals surface area contributed by atoms with Crippen LogP contribution in [0.25, 0.3) is 0 Å². The second kappa shape index (κ2) is 5.60. The van der Waals surface area contributed by atoms with Crippen LogP contribution in [0.3, 0.4) is 0 Å². The van der Waals surface area contributed by atoms with Gasteiger partial charge in [-0.25, -0.2) is 0 Å². The van der Waals surface area contributed by atoms with E-state index in [1.807, 2.05) is 0 Å². The largest absolute Gasteiger partial charge is 0.0742 e. The van der Waals surface area contributed by atoms with E-state index in [9.17, 15) is 0 Å². The lowest BCUT2D eigenvalue weighted by atomic mass is 9.62. The molecule has 0 bridgehead atoms. The van der Waals surface area contributed by atoms with Crippen molar-refractivity contribution in [1.29, 1.82) is 0 Å². The van der Waals surface area contributed by atoms with Gasteiger partial charge in [0, 0.05) is 0 Å². The Morgan fingerprint density at radius 3 is 1.94 bits per heavy atom. The summed E-state index contributed by atoms with van der Waals surface area (Å²) < 4.78 is 0. The van der Waals surface area contributed by atoms with Crippen molar-refractivity contribution in [1.82, 2.24) is 0 Å². The van der Waals surface area contributed by atoms with Crippen LogP contribution in [0.1, 0.15) is 79.1 Å². The molecule has 1 heteroatoms. The van der Waals surface area contributed by atoms with E-state index in [2.05, 4.69) is 27.7 Å². The third-order valence-corrected chi connectivity index (χ3v) is 4.89. The van der Waals surface area contributed by atoms with E-state index in [4.69, 9.17) is 7.85 Å². The van der Waals surface area contributed by atoms with Gasteiger partial charge in [0.15, 0.2) is 0 Å². The Balaban J connectivity index is 2.59. The van der Waals surface area contributed by atoms with Crippen LogP contribution >= 0.6 is 0 Å². The molecule has 0 N–H and O–H groups in total. The highest BCUT2D eigenvalue weighted by atomic mass is 14.3. The Morgan fingerprint density at radius 1 is 0.812 bits per heavy atom. The summed E-state index contributed by atoms with van der Waals surface area (Å²) in [7, 11) is 6.33. The molecule has 0 aromatic heterocycles. The Labute approximate surface area is 104 Å². The number of hydrogen-bond donors (Lipinski definition) is 0. The van der Waals surface area contributed by atoms with Crippen molar-refractivity contribution in [3.8, 4) is 0 Å². The van der Waals surface area contributed by atoms with Crippen molar-refractivity contribution in [3.05, 3.63) is 0 Å². The molecule has 0 aromatic carbocycles. The lowest BCUT2D eigenvalue weighted by Crippen LogP contribution is -2.25. The van der Waals surface area contributed by atoms with E-state index in [-0.39, 0.29) is 5.31 Å². The van der Waals surface area contributed by atoms with Gasteiger partial charge in [-0.3, -0.25) is 0 Å². The molecule has 2 unspecified atom stereocenters. The minimum Gasteiger partial charge on any atom is -0.0688 e. The molecule has 0 aliphatic heterocycles. The third kappa shape index (κ3) is 4.15. The van der Waals surface area contributed by atoms with E-state index in [1.165, 1.54) is 51.4 Å². The average Bonchev–Trinajstić information content (AvgIpc) is 2.16. The lowest BCUT2D eigenvalue weighted by molar-refractivity contribution is 0.162. The quantitative estimate of drug-likeness (QED) is 0.537. The van der Waals surface area contributed by atoms with E-state index < -0.39 is 0 Å². The molecule has 1 fully saturated rings. The number of rotatable bonds is 1. The van der Waals surface area contributed by atoms with Crippen LogP contribution in [-0.4, -0.2) is 7.85 Å². The molecule has 16 heavy (non-hydrogen) atoms. The normalized spacial score (nSPS) is 38.6. The predicted octanol–water partition coefficient (Wildman–Crippen LogP) is 5.13. The smallest absolute Gasteiger partial charge is 0.0688 e. The summed E-state index contributed by atoms with van der Waals surface area (Å²) in [5.74, 6) is 0.802. The molecule has 2 atom stereocenters. The van der Waals surface area contributed by atoms with Crippen molar-refractivity contribution in [3.63, 3.8) is 0 Å². The van der Waals surface area contributed by atoms with Crippen molar-refractivity contribution in [2.24, 2.45) is 11.3 Å². The molecule has 1 rings (SSSR count). The van der Waals surface area contributed by atoms with E-state index >= 15 is 0 Å². The summed E-state index contributed by atoms with van der Waals surface area (Å²) in [6.45, 7) is 9.48. The Hall–Kier alpha value is 0.0649. The summed E-state index contributed by atoms with van der Waals surface area (Å²) >= 11 is 0. The number of hydrogen-bond acceptors (Lipinski definition) is 0. The van der Waals surface area contributed by atoms with Crippen molar-refractivity contribution in [2.75, 3.05) is 0 Å². The van der Waals surface area contributed by atoms with Crippen LogP contribution in [0.4, 0.5) is 0 Å². The fourth-order valence-corrected chi connectivity index (χ4v) is 2.96. The molecule has 0 amide bonds. The molecule has 0 nitrogen and oxygen atoms in total. The van der Waals surface area contributed by atoms with Crippen molar-refractivity contribution < 1.29 is 0 Å². The lowest BCUT2D eigenvalue weighted by Gasteiger charge is -2.37. The van der Waals surface area contributed by atoms with Gasteiger partial charge in [0.25, 0.3) is 0 Å². The molecule has 0 aromatic rings. The third-order valence-electron chi connectivity index (χ3n) is 4.89. The minimum atomic E-state index is 0.0925. The van der Waals surface area contributed by atoms with Gasteiger partial charge >= 0.3 is 0 Å². The van der Waals surface area contributed by atoms with E-state index in [1.54, 1.807) is 0 Å². The average molecular weight is 220 g/mol. The molecular formula is C15H29B. The molecule has 2 radical (unpaired) electrons. The second-order valence-electron chi connectivity index (χ2n) is 6.88. The summed E-state index contributed by atoms with van der Waals surface area (Å²) in [5.41, 5.74) is 0.549. The van der Waals surface area contributed by atoms with Gasteiger partial charge in [0.05, 0.1) is 7.85 Å². The first-order valence-corrected chi connectivity index (χ1v) is 7.15. The van der Waals surface area contributed by atoms with Crippen molar-refractivity contribution >= 4 is 7.85 Å². The maximum absolute atomic E-state index is 6.33. The first-order valence-electron chi connectivity index (χ1n) is 7.15. The van der Waals surface area contributed by atoms with Gasteiger partial charge in [0.2, 0.25) is 0 Å². The fraction of sp³-hybridized carbons (Fsp3) is 1.00. The van der Waals surface area contributed by atoms with Gasteiger partial charge in [-0.2, -0.15) is 0 Å². The Kier molecular flexibility index (Phi) is 4.95. The molecule has 0 spiro atoms. The van der Waals surface area contributed by atoms with Gasteiger partial charge in [-0.05, 0) is 24.2 Å². The van der Waals surface area contributed by atoms with Crippen LogP contribution in [0.15, 0.2) is 0 Å². The first kappa shape index (κ1) is 14.1. The van der Waals surface area contributed by atoms with Crippen LogP contribution in [0.5, 0.6) is 0 Å². The summed E-state index contributed by atoms with van der Waals surface area (Å²) in [4.78, 5) is 0. The fourth-order valence-electron chi connectivity index (χ4n) is 2.96. The van der Waals surface area contributed by atoms with Gasteiger partial charge in [-0.1, -0.05) is 71.5 Å². The molecule has 0 heterocycles. The van der Waals surface area contributed by atoms with E-state index in [0.717, 1.165) is 5.92 Å². The highest BCUT2D eigenvalue weighted by molar-refractivity contribution is 6.14. The monoisotopic (exact) mass is 220 g/mol. The maximum atomic E-state index is 6.33. The predicted molar refractivity (Wildman–Crippen MR) is 74.0 cm³/mol. The second-order valence-corrected chi connectivity index (χ2v) is 6.88. The standard InChI is InChI=1S/C15H29B/c1-13(2)14(3)9-6-5-7-11-15(4,16)12-8-10-14/h13H,5-12H2,1-4H3. The molecule has 92 valence electrons. The zero-order valence-corrected chi connectivity index (χ0v) is 11.8. The maximum Gasteiger partial charge on any atom is 0.0742 e. The topological polar surface area (TPSA) is 0 Å². The molecule has 1 aliphatic carbocycles. The molecule has 1 saturated carbocycles. The zero-order valence-electron chi connectivity index (χ0n) is 11.8. The zero-order chi connectivity index (χ0) is 12.2. The van der Waals surface area contributed by atoms with Crippen LogP contribution in [-0.2, 0) is 0 Å². The minimum absolute atomic E-state index is 0.0925. The van der Waals surface area contributed by atoms with Gasteiger partial charge in [0.1, 0.15) is 0 Å². The SMILES string of the molecule is [B]C1(C)CCCCCC(C)(C(C)C)CCC1. The molecular weight excluding hydrogens is 191 g/mol. The first-order chi connectivity index (χ1) is 7.36. The van der Waals surface area contributed by atoms with Crippen molar-refractivity contribution in [2.45, 2.75) is 84.4 Å². The highest BCUT2D eigenvalue weighted by Gasteiger charge is 2.29. The van der Waals surface area contributed by atoms with Crippen LogP contribution in [0, 0.1) is 11.3 Å². The summed E-state index contributed by atoms with van der Waals surface area (Å²) in [5, 5.41) is 0.0925. The van der Waals surface area contributed by atoms with Gasteiger partial charge in [-0.15, -0.1) is 0 Å². The van der Waals surface area contributed by atoms with Crippen LogP contribution < -0.4 is 0 Å². The summed E-state index contributed by atoms with van der Waals surface area (Å²) in [6, 6.07) is 0. The summed E-state index contributed by atoms with van der Waals surface area (Å²) in [6.07, 6.45) is 10.6. The van der Waals surface area contributed by atoms with Gasteiger partial charge < -0.3 is 0 Å². The highest BCUT2D eigenvalue weighted by Crippen LogP contribution is 2.43. The van der Waals surface area contributed by atoms with E-state index in [0.29, 0.717) is 5.41 Å². The Bertz CT molecular complexity index is 207. The van der Waals surface area contributed by atoms with Crippen LogP contribution in [0.2, 0.25) is 5.31 Å². The Morgan fingerprint density at radius 2 is 1.31 bits per heavy atom. The molecule has 1 aliphatic rings. The molecule has 0 saturated heterocycles.